The van der Waals surface area contributed by atoms with E-state index in [1.165, 1.54) is 0 Å². The maximum Gasteiger partial charge on any atom is 0.238 e. The zero-order valence-electron chi connectivity index (χ0n) is 13.7. The second-order valence-corrected chi connectivity index (χ2v) is 6.29. The van der Waals surface area contributed by atoms with Crippen LogP contribution in [-0.4, -0.2) is 54.7 Å². The van der Waals surface area contributed by atoms with Gasteiger partial charge in [0.2, 0.25) is 5.91 Å². The zero-order chi connectivity index (χ0) is 16.1. The number of anilines is 2. The van der Waals surface area contributed by atoms with Crippen LogP contribution >= 0.6 is 0 Å². The van der Waals surface area contributed by atoms with E-state index in [1.807, 2.05) is 36.2 Å². The highest BCUT2D eigenvalue weighted by Crippen LogP contribution is 2.28. The van der Waals surface area contributed by atoms with Crippen LogP contribution in [0.1, 0.15) is 26.7 Å². The normalized spacial score (nSPS) is 16.4. The van der Waals surface area contributed by atoms with Crippen molar-refractivity contribution in [3.05, 3.63) is 24.3 Å². The molecule has 5 nitrogen and oxygen atoms in total. The number of hydrogen-bond donors (Lipinski definition) is 2. The molecule has 0 radical (unpaired) electrons. The summed E-state index contributed by atoms with van der Waals surface area (Å²) >= 11 is 0. The van der Waals surface area contributed by atoms with Gasteiger partial charge in [0, 0.05) is 19.1 Å². The minimum Gasteiger partial charge on any atom is -0.393 e. The van der Waals surface area contributed by atoms with Crippen molar-refractivity contribution >= 4 is 17.3 Å². The predicted molar refractivity (Wildman–Crippen MR) is 90.3 cm³/mol. The summed E-state index contributed by atoms with van der Waals surface area (Å²) in [5.74, 6) is 0.000643. The third-order valence-corrected chi connectivity index (χ3v) is 4.26. The van der Waals surface area contributed by atoms with E-state index in [1.54, 1.807) is 0 Å². The number of hydrogen-bond acceptors (Lipinski definition) is 4. The molecule has 0 atom stereocenters. The van der Waals surface area contributed by atoms with E-state index in [9.17, 15) is 9.90 Å². The van der Waals surface area contributed by atoms with Gasteiger partial charge in [-0.15, -0.1) is 0 Å². The van der Waals surface area contributed by atoms with E-state index in [-0.39, 0.29) is 12.0 Å². The third kappa shape index (κ3) is 4.45. The highest BCUT2D eigenvalue weighted by molar-refractivity contribution is 5.95. The molecule has 1 saturated heterocycles. The molecule has 2 N–H and O–H groups in total. The van der Waals surface area contributed by atoms with Crippen LogP contribution in [0.2, 0.25) is 0 Å². The van der Waals surface area contributed by atoms with Gasteiger partial charge in [0.25, 0.3) is 0 Å². The molecular formula is C17H27N3O2. The summed E-state index contributed by atoms with van der Waals surface area (Å²) in [5, 5.41) is 12.7. The largest absolute Gasteiger partial charge is 0.393 e. The Labute approximate surface area is 132 Å². The van der Waals surface area contributed by atoms with Gasteiger partial charge in [0.15, 0.2) is 0 Å². The highest BCUT2D eigenvalue weighted by Gasteiger charge is 2.20. The number of carbonyl (C=O) groups is 1. The van der Waals surface area contributed by atoms with Gasteiger partial charge in [0.1, 0.15) is 0 Å². The Morgan fingerprint density at radius 2 is 2.00 bits per heavy atom. The molecule has 0 unspecified atom stereocenters. The average Bonchev–Trinajstić information content (AvgIpc) is 2.48. The SMILES string of the molecule is CC(C)N(C)CC(=O)Nc1ccccc1N1CCC(O)CC1. The molecule has 1 fully saturated rings. The van der Waals surface area contributed by atoms with Crippen molar-refractivity contribution in [3.63, 3.8) is 0 Å². The molecule has 1 amide bonds. The molecule has 122 valence electrons. The summed E-state index contributed by atoms with van der Waals surface area (Å²) < 4.78 is 0. The lowest BCUT2D eigenvalue weighted by atomic mass is 10.1. The zero-order valence-corrected chi connectivity index (χ0v) is 13.7. The number of nitrogens with one attached hydrogen (secondary N) is 1. The van der Waals surface area contributed by atoms with E-state index in [2.05, 4.69) is 24.1 Å². The smallest absolute Gasteiger partial charge is 0.238 e. The van der Waals surface area contributed by atoms with Crippen LogP contribution in [0, 0.1) is 0 Å². The summed E-state index contributed by atoms with van der Waals surface area (Å²) in [4.78, 5) is 16.4. The fraction of sp³-hybridized carbons (Fsp3) is 0.588. The van der Waals surface area contributed by atoms with E-state index >= 15 is 0 Å². The molecule has 5 heteroatoms. The number of piperidine rings is 1. The second kappa shape index (κ2) is 7.61. The second-order valence-electron chi connectivity index (χ2n) is 6.29. The van der Waals surface area contributed by atoms with Crippen LogP contribution in [0.5, 0.6) is 0 Å². The number of nitrogens with zero attached hydrogens (tertiary/aromatic N) is 2. The number of carbonyl (C=O) groups excluding carboxylic acids is 1. The van der Waals surface area contributed by atoms with Crippen molar-refractivity contribution in [1.29, 1.82) is 0 Å². The minimum atomic E-state index is -0.197. The van der Waals surface area contributed by atoms with Crippen LogP contribution in [0.4, 0.5) is 11.4 Å². The highest BCUT2D eigenvalue weighted by atomic mass is 16.3. The topological polar surface area (TPSA) is 55.8 Å². The maximum absolute atomic E-state index is 12.2. The van der Waals surface area contributed by atoms with Crippen molar-refractivity contribution in [1.82, 2.24) is 4.90 Å². The molecule has 0 aliphatic carbocycles. The summed E-state index contributed by atoms with van der Waals surface area (Å²) in [5.41, 5.74) is 1.89. The number of benzene rings is 1. The monoisotopic (exact) mass is 305 g/mol. The molecule has 0 aromatic heterocycles. The fourth-order valence-corrected chi connectivity index (χ4v) is 2.56. The third-order valence-electron chi connectivity index (χ3n) is 4.26. The van der Waals surface area contributed by atoms with Gasteiger partial charge in [-0.05, 0) is 45.9 Å². The van der Waals surface area contributed by atoms with Crippen LogP contribution in [-0.2, 0) is 4.79 Å². The molecule has 1 aromatic rings. The lowest BCUT2D eigenvalue weighted by Gasteiger charge is -2.33. The summed E-state index contributed by atoms with van der Waals surface area (Å²) in [6.45, 7) is 6.16. The van der Waals surface area contributed by atoms with E-state index in [0.717, 1.165) is 37.3 Å². The van der Waals surface area contributed by atoms with Gasteiger partial charge in [-0.3, -0.25) is 9.69 Å². The Morgan fingerprint density at radius 3 is 2.64 bits per heavy atom. The van der Waals surface area contributed by atoms with Gasteiger partial charge in [-0.1, -0.05) is 12.1 Å². The number of aliphatic hydroxyl groups is 1. The predicted octanol–water partition coefficient (Wildman–Crippen LogP) is 1.93. The molecule has 1 heterocycles. The molecule has 2 rings (SSSR count). The molecule has 1 aliphatic rings. The molecule has 0 saturated carbocycles. The number of amides is 1. The number of likely N-dealkylation sites (N-methyl/N-ethyl adjacent to an activating group) is 1. The van der Waals surface area contributed by atoms with Crippen LogP contribution < -0.4 is 10.2 Å². The first-order valence-corrected chi connectivity index (χ1v) is 7.99. The molecule has 0 bridgehead atoms. The summed E-state index contributed by atoms with van der Waals surface area (Å²) in [7, 11) is 1.95. The number of rotatable bonds is 5. The van der Waals surface area contributed by atoms with E-state index in [4.69, 9.17) is 0 Å². The summed E-state index contributed by atoms with van der Waals surface area (Å²) in [6, 6.07) is 8.22. The van der Waals surface area contributed by atoms with Gasteiger partial charge in [-0.2, -0.15) is 0 Å². The van der Waals surface area contributed by atoms with Gasteiger partial charge < -0.3 is 15.3 Å². The Hall–Kier alpha value is -1.59. The molecule has 1 aromatic carbocycles. The Balaban J connectivity index is 2.03. The van der Waals surface area contributed by atoms with Crippen molar-refractivity contribution in [2.45, 2.75) is 38.8 Å². The van der Waals surface area contributed by atoms with Crippen LogP contribution in [0.3, 0.4) is 0 Å². The molecule has 1 aliphatic heterocycles. The minimum absolute atomic E-state index is 0.000643. The Kier molecular flexibility index (Phi) is 5.80. The Bertz CT molecular complexity index is 496. The van der Waals surface area contributed by atoms with Crippen molar-refractivity contribution in [3.8, 4) is 0 Å². The first kappa shape index (κ1) is 16.8. The van der Waals surface area contributed by atoms with Gasteiger partial charge in [0.05, 0.1) is 24.0 Å². The molecule has 0 spiro atoms. The maximum atomic E-state index is 12.2. The van der Waals surface area contributed by atoms with E-state index < -0.39 is 0 Å². The van der Waals surface area contributed by atoms with E-state index in [0.29, 0.717) is 12.6 Å². The first-order valence-electron chi connectivity index (χ1n) is 7.99. The number of aliphatic hydroxyl groups excluding tert-OH is 1. The molecular weight excluding hydrogens is 278 g/mol. The standard InChI is InChI=1S/C17H27N3O2/c1-13(2)19(3)12-17(22)18-15-6-4-5-7-16(15)20-10-8-14(21)9-11-20/h4-7,13-14,21H,8-12H2,1-3H3,(H,18,22). The summed E-state index contributed by atoms with van der Waals surface area (Å²) in [6.07, 6.45) is 1.36. The lowest BCUT2D eigenvalue weighted by molar-refractivity contribution is -0.117. The van der Waals surface area contributed by atoms with Gasteiger partial charge in [-0.25, -0.2) is 0 Å². The average molecular weight is 305 g/mol. The Morgan fingerprint density at radius 1 is 1.36 bits per heavy atom. The van der Waals surface area contributed by atoms with Crippen molar-refractivity contribution in [2.75, 3.05) is 36.9 Å². The quantitative estimate of drug-likeness (QED) is 0.873. The first-order chi connectivity index (χ1) is 10.5. The number of para-hydroxylation sites is 2. The van der Waals surface area contributed by atoms with Crippen molar-refractivity contribution < 1.29 is 9.90 Å². The van der Waals surface area contributed by atoms with Crippen molar-refractivity contribution in [2.24, 2.45) is 0 Å². The van der Waals surface area contributed by atoms with Crippen LogP contribution in [0.15, 0.2) is 24.3 Å². The lowest BCUT2D eigenvalue weighted by Crippen LogP contribution is -2.37. The van der Waals surface area contributed by atoms with Gasteiger partial charge >= 0.3 is 0 Å². The molecule has 22 heavy (non-hydrogen) atoms. The fourth-order valence-electron chi connectivity index (χ4n) is 2.56. The van der Waals surface area contributed by atoms with Crippen LogP contribution in [0.25, 0.3) is 0 Å².